The van der Waals surface area contributed by atoms with Crippen molar-refractivity contribution in [1.29, 1.82) is 0 Å². The fourth-order valence-corrected chi connectivity index (χ4v) is 3.11. The van der Waals surface area contributed by atoms with Crippen molar-refractivity contribution < 1.29 is 9.53 Å². The number of carbonyl (C=O) groups is 1. The van der Waals surface area contributed by atoms with E-state index in [4.69, 9.17) is 4.74 Å². The maximum atomic E-state index is 12.3. The molecular formula is C18H23N3O3. The van der Waals surface area contributed by atoms with E-state index in [-0.39, 0.29) is 11.5 Å². The molecule has 0 saturated heterocycles. The second kappa shape index (κ2) is 6.95. The Labute approximate surface area is 140 Å². The number of ether oxygens (including phenoxy) is 1. The van der Waals surface area contributed by atoms with Crippen LogP contribution in [0.2, 0.25) is 0 Å². The predicted octanol–water partition coefficient (Wildman–Crippen LogP) is 2.28. The summed E-state index contributed by atoms with van der Waals surface area (Å²) in [7, 11) is 1.93. The summed E-state index contributed by atoms with van der Waals surface area (Å²) in [5, 5.41) is 4.39. The van der Waals surface area contributed by atoms with E-state index >= 15 is 0 Å². The predicted molar refractivity (Wildman–Crippen MR) is 95.9 cm³/mol. The summed E-state index contributed by atoms with van der Waals surface area (Å²) >= 11 is 0. The van der Waals surface area contributed by atoms with Gasteiger partial charge in [-0.15, -0.1) is 0 Å². The van der Waals surface area contributed by atoms with E-state index in [0.717, 1.165) is 47.2 Å². The van der Waals surface area contributed by atoms with Gasteiger partial charge < -0.3 is 19.9 Å². The zero-order valence-corrected chi connectivity index (χ0v) is 14.1. The minimum absolute atomic E-state index is 0.0176. The fourth-order valence-electron chi connectivity index (χ4n) is 3.11. The molecule has 0 aliphatic carbocycles. The molecule has 1 aromatic heterocycles. The van der Waals surface area contributed by atoms with Crippen LogP contribution in [0.5, 0.6) is 0 Å². The van der Waals surface area contributed by atoms with Crippen molar-refractivity contribution in [3.63, 3.8) is 0 Å². The van der Waals surface area contributed by atoms with Crippen molar-refractivity contribution in [2.24, 2.45) is 0 Å². The Morgan fingerprint density at radius 1 is 1.38 bits per heavy atom. The Bertz CT molecular complexity index is 813. The van der Waals surface area contributed by atoms with Crippen LogP contribution in [0.4, 0.5) is 11.4 Å². The number of fused-ring (bicyclic) bond motifs is 3. The van der Waals surface area contributed by atoms with E-state index in [9.17, 15) is 9.59 Å². The number of nitrogens with zero attached hydrogens (tertiary/aromatic N) is 1. The number of H-pyrrole nitrogens is 1. The van der Waals surface area contributed by atoms with E-state index in [1.165, 1.54) is 0 Å². The van der Waals surface area contributed by atoms with Gasteiger partial charge in [0.25, 0.3) is 5.56 Å². The molecule has 1 aromatic carbocycles. The number of aromatic amines is 1. The molecule has 6 nitrogen and oxygen atoms in total. The van der Waals surface area contributed by atoms with Crippen LogP contribution < -0.4 is 15.8 Å². The highest BCUT2D eigenvalue weighted by atomic mass is 16.5. The lowest BCUT2D eigenvalue weighted by molar-refractivity contribution is -0.142. The first kappa shape index (κ1) is 16.4. The standard InChI is InChI=1S/C18H23N3O3/c1-3-24-16(22)8-10-21(2)12-6-7-13-15(11-12)20-18(23)14-5-4-9-19-17(13)14/h6-7,11,19H,3-5,8-10H2,1-2H3,(H,20,23). The minimum Gasteiger partial charge on any atom is -0.466 e. The minimum atomic E-state index is -0.197. The van der Waals surface area contributed by atoms with Crippen LogP contribution in [0, 0.1) is 0 Å². The van der Waals surface area contributed by atoms with Gasteiger partial charge in [-0.1, -0.05) is 0 Å². The third-order valence-electron chi connectivity index (χ3n) is 4.40. The Balaban J connectivity index is 1.86. The van der Waals surface area contributed by atoms with Gasteiger partial charge in [-0.05, 0) is 38.0 Å². The Morgan fingerprint density at radius 2 is 2.21 bits per heavy atom. The van der Waals surface area contributed by atoms with Gasteiger partial charge in [0, 0.05) is 36.8 Å². The number of anilines is 2. The molecule has 0 atom stereocenters. The number of benzene rings is 1. The summed E-state index contributed by atoms with van der Waals surface area (Å²) in [6, 6.07) is 6.00. The number of aromatic nitrogens is 1. The fraction of sp³-hybridized carbons (Fsp3) is 0.444. The van der Waals surface area contributed by atoms with Gasteiger partial charge in [-0.2, -0.15) is 0 Å². The van der Waals surface area contributed by atoms with Crippen LogP contribution in [-0.4, -0.2) is 37.7 Å². The SMILES string of the molecule is CCOC(=O)CCN(C)c1ccc2c3c(c(=O)[nH]c2c1)CCCN3. The van der Waals surface area contributed by atoms with Gasteiger partial charge in [0.2, 0.25) is 0 Å². The van der Waals surface area contributed by atoms with Crippen LogP contribution in [-0.2, 0) is 16.0 Å². The van der Waals surface area contributed by atoms with Crippen LogP contribution in [0.1, 0.15) is 25.3 Å². The number of carbonyl (C=O) groups excluding carboxylic acids is 1. The van der Waals surface area contributed by atoms with Gasteiger partial charge in [0.05, 0.1) is 24.2 Å². The molecule has 2 N–H and O–H groups in total. The molecule has 128 valence electrons. The average molecular weight is 329 g/mol. The molecule has 0 spiro atoms. The van der Waals surface area contributed by atoms with E-state index in [1.54, 1.807) is 6.92 Å². The monoisotopic (exact) mass is 329 g/mol. The van der Waals surface area contributed by atoms with Gasteiger partial charge in [0.15, 0.2) is 0 Å². The van der Waals surface area contributed by atoms with Crippen molar-refractivity contribution in [3.05, 3.63) is 34.1 Å². The number of rotatable bonds is 5. The third kappa shape index (κ3) is 3.22. The van der Waals surface area contributed by atoms with E-state index in [0.29, 0.717) is 19.6 Å². The first-order valence-corrected chi connectivity index (χ1v) is 8.39. The van der Waals surface area contributed by atoms with Gasteiger partial charge in [-0.25, -0.2) is 0 Å². The third-order valence-corrected chi connectivity index (χ3v) is 4.40. The van der Waals surface area contributed by atoms with Crippen molar-refractivity contribution >= 4 is 28.2 Å². The number of pyridine rings is 1. The molecule has 1 aliphatic heterocycles. The zero-order chi connectivity index (χ0) is 17.1. The van der Waals surface area contributed by atoms with Crippen LogP contribution >= 0.6 is 0 Å². The van der Waals surface area contributed by atoms with E-state index in [2.05, 4.69) is 10.3 Å². The maximum absolute atomic E-state index is 12.3. The van der Waals surface area contributed by atoms with Crippen molar-refractivity contribution in [3.8, 4) is 0 Å². The highest BCUT2D eigenvalue weighted by Crippen LogP contribution is 2.29. The Kier molecular flexibility index (Phi) is 4.74. The van der Waals surface area contributed by atoms with Crippen LogP contribution in [0.25, 0.3) is 10.9 Å². The largest absolute Gasteiger partial charge is 0.466 e. The normalized spacial score (nSPS) is 13.2. The maximum Gasteiger partial charge on any atom is 0.307 e. The first-order valence-electron chi connectivity index (χ1n) is 8.39. The quantitative estimate of drug-likeness (QED) is 0.823. The van der Waals surface area contributed by atoms with Crippen LogP contribution in [0.3, 0.4) is 0 Å². The molecule has 0 saturated carbocycles. The first-order chi connectivity index (χ1) is 11.6. The number of esters is 1. The lowest BCUT2D eigenvalue weighted by Gasteiger charge is -2.22. The highest BCUT2D eigenvalue weighted by Gasteiger charge is 2.16. The van der Waals surface area contributed by atoms with Crippen LogP contribution in [0.15, 0.2) is 23.0 Å². The van der Waals surface area contributed by atoms with Gasteiger partial charge in [-0.3, -0.25) is 9.59 Å². The number of hydrogen-bond acceptors (Lipinski definition) is 5. The van der Waals surface area contributed by atoms with E-state index in [1.807, 2.05) is 30.1 Å². The number of hydrogen-bond donors (Lipinski definition) is 2. The number of nitrogens with one attached hydrogen (secondary N) is 2. The molecule has 0 fully saturated rings. The van der Waals surface area contributed by atoms with Crippen molar-refractivity contribution in [2.75, 3.05) is 37.0 Å². The van der Waals surface area contributed by atoms with Gasteiger partial charge >= 0.3 is 5.97 Å². The zero-order valence-electron chi connectivity index (χ0n) is 14.1. The molecule has 6 heteroatoms. The summed E-state index contributed by atoms with van der Waals surface area (Å²) in [6.07, 6.45) is 2.13. The summed E-state index contributed by atoms with van der Waals surface area (Å²) in [5.74, 6) is -0.197. The molecule has 2 aromatic rings. The smallest absolute Gasteiger partial charge is 0.307 e. The molecule has 2 heterocycles. The summed E-state index contributed by atoms with van der Waals surface area (Å²) < 4.78 is 4.95. The molecule has 3 rings (SSSR count). The lowest BCUT2D eigenvalue weighted by atomic mass is 10.0. The summed E-state index contributed by atoms with van der Waals surface area (Å²) in [6.45, 7) is 3.67. The molecule has 0 unspecified atom stereocenters. The van der Waals surface area contributed by atoms with Crippen molar-refractivity contribution in [1.82, 2.24) is 4.98 Å². The lowest BCUT2D eigenvalue weighted by Crippen LogP contribution is -2.23. The summed E-state index contributed by atoms with van der Waals surface area (Å²) in [5.41, 5.74) is 3.56. The Morgan fingerprint density at radius 3 is 3.00 bits per heavy atom. The molecular weight excluding hydrogens is 306 g/mol. The second-order valence-corrected chi connectivity index (χ2v) is 6.04. The Hall–Kier alpha value is -2.50. The molecule has 1 aliphatic rings. The van der Waals surface area contributed by atoms with Gasteiger partial charge in [0.1, 0.15) is 0 Å². The molecule has 0 amide bonds. The molecule has 24 heavy (non-hydrogen) atoms. The molecule has 0 bridgehead atoms. The highest BCUT2D eigenvalue weighted by molar-refractivity contribution is 5.94. The second-order valence-electron chi connectivity index (χ2n) is 6.04. The molecule has 0 radical (unpaired) electrons. The summed E-state index contributed by atoms with van der Waals surface area (Å²) in [4.78, 5) is 28.7. The van der Waals surface area contributed by atoms with E-state index < -0.39 is 0 Å². The average Bonchev–Trinajstić information content (AvgIpc) is 2.60. The topological polar surface area (TPSA) is 74.4 Å². The van der Waals surface area contributed by atoms with Crippen molar-refractivity contribution in [2.45, 2.75) is 26.2 Å².